The molecule has 0 saturated heterocycles. The Hall–Kier alpha value is -1.92. The topological polar surface area (TPSA) is 74.2 Å². The van der Waals surface area contributed by atoms with Crippen molar-refractivity contribution in [3.8, 4) is 10.4 Å². The van der Waals surface area contributed by atoms with Gasteiger partial charge in [0, 0.05) is 18.3 Å². The Morgan fingerprint density at radius 1 is 1.36 bits per heavy atom. The number of urea groups is 1. The van der Waals surface area contributed by atoms with Gasteiger partial charge in [0.1, 0.15) is 0 Å². The number of aromatic nitrogens is 1. The number of hydrogen-bond donors (Lipinski definition) is 3. The molecule has 118 valence electrons. The Morgan fingerprint density at radius 2 is 2.09 bits per heavy atom. The number of thiazole rings is 1. The van der Waals surface area contributed by atoms with Crippen molar-refractivity contribution in [1.29, 1.82) is 0 Å². The summed E-state index contributed by atoms with van der Waals surface area (Å²) >= 11 is 1.44. The van der Waals surface area contributed by atoms with E-state index in [-0.39, 0.29) is 12.6 Å². The molecule has 0 atom stereocenters. The molecule has 0 fully saturated rings. The molecule has 0 spiro atoms. The van der Waals surface area contributed by atoms with E-state index in [1.807, 2.05) is 45.0 Å². The highest BCUT2D eigenvalue weighted by atomic mass is 32.1. The van der Waals surface area contributed by atoms with Gasteiger partial charge < -0.3 is 10.4 Å². The molecule has 0 aliphatic heterocycles. The molecule has 6 heteroatoms. The van der Waals surface area contributed by atoms with Crippen LogP contribution in [0.2, 0.25) is 0 Å². The lowest BCUT2D eigenvalue weighted by molar-refractivity contribution is 0.218. The zero-order chi connectivity index (χ0) is 16.2. The van der Waals surface area contributed by atoms with Crippen LogP contribution in [0, 0.1) is 6.92 Å². The van der Waals surface area contributed by atoms with E-state index in [2.05, 4.69) is 15.6 Å². The number of carbonyl (C=O) groups excluding carboxylic acids is 1. The first kappa shape index (κ1) is 16.5. The number of benzene rings is 1. The molecule has 22 heavy (non-hydrogen) atoms. The summed E-state index contributed by atoms with van der Waals surface area (Å²) in [5.41, 5.74) is 1.83. The maximum absolute atomic E-state index is 12.0. The quantitative estimate of drug-likeness (QED) is 0.790. The molecule has 2 rings (SSSR count). The van der Waals surface area contributed by atoms with Crippen LogP contribution in [-0.2, 0) is 0 Å². The van der Waals surface area contributed by atoms with Crippen LogP contribution < -0.4 is 10.6 Å². The van der Waals surface area contributed by atoms with E-state index in [1.165, 1.54) is 16.9 Å². The van der Waals surface area contributed by atoms with E-state index >= 15 is 0 Å². The first-order valence-corrected chi connectivity index (χ1v) is 7.95. The molecule has 0 radical (unpaired) electrons. The van der Waals surface area contributed by atoms with Gasteiger partial charge in [-0.05, 0) is 38.3 Å². The zero-order valence-electron chi connectivity index (χ0n) is 13.0. The van der Waals surface area contributed by atoms with Crippen LogP contribution in [0.5, 0.6) is 0 Å². The maximum atomic E-state index is 12.0. The Balaban J connectivity index is 2.04. The summed E-state index contributed by atoms with van der Waals surface area (Å²) < 4.78 is 0. The number of aliphatic hydroxyl groups excluding tert-OH is 1. The van der Waals surface area contributed by atoms with E-state index < -0.39 is 5.54 Å². The zero-order valence-corrected chi connectivity index (χ0v) is 13.8. The summed E-state index contributed by atoms with van der Waals surface area (Å²) in [6.07, 6.45) is 2.26. The van der Waals surface area contributed by atoms with Crippen molar-refractivity contribution in [2.24, 2.45) is 0 Å². The molecule has 2 amide bonds. The van der Waals surface area contributed by atoms with Crippen LogP contribution in [0.25, 0.3) is 10.4 Å². The van der Waals surface area contributed by atoms with Crippen molar-refractivity contribution in [2.45, 2.75) is 32.7 Å². The number of aryl methyl sites for hydroxylation is 1. The van der Waals surface area contributed by atoms with Crippen molar-refractivity contribution in [1.82, 2.24) is 10.3 Å². The van der Waals surface area contributed by atoms with Crippen molar-refractivity contribution in [2.75, 3.05) is 11.9 Å². The van der Waals surface area contributed by atoms with Crippen LogP contribution in [0.3, 0.4) is 0 Å². The van der Waals surface area contributed by atoms with E-state index in [1.54, 1.807) is 6.20 Å². The molecule has 0 aliphatic rings. The van der Waals surface area contributed by atoms with Crippen LogP contribution in [0.15, 0.2) is 30.5 Å². The van der Waals surface area contributed by atoms with E-state index in [4.69, 9.17) is 5.11 Å². The van der Waals surface area contributed by atoms with Gasteiger partial charge in [-0.3, -0.25) is 5.32 Å². The fourth-order valence-corrected chi connectivity index (χ4v) is 2.99. The first-order valence-electron chi connectivity index (χ1n) is 7.13. The molecule has 0 saturated carbocycles. The number of anilines is 1. The first-order chi connectivity index (χ1) is 10.4. The second-order valence-electron chi connectivity index (χ2n) is 5.78. The standard InChI is InChI=1S/C16H21N3O2S/c1-11-6-4-5-7-12(11)13-10-17-15(22-13)18-14(21)19-16(2,3)8-9-20/h4-7,10,20H,8-9H2,1-3H3,(H2,17,18,19,21). The number of aliphatic hydroxyl groups is 1. The lowest BCUT2D eigenvalue weighted by atomic mass is 10.0. The lowest BCUT2D eigenvalue weighted by Gasteiger charge is -2.24. The molecule has 0 unspecified atom stereocenters. The van der Waals surface area contributed by atoms with Crippen LogP contribution >= 0.6 is 11.3 Å². The van der Waals surface area contributed by atoms with Gasteiger partial charge in [-0.15, -0.1) is 0 Å². The van der Waals surface area contributed by atoms with Gasteiger partial charge in [0.25, 0.3) is 0 Å². The van der Waals surface area contributed by atoms with E-state index in [9.17, 15) is 4.79 Å². The third-order valence-corrected chi connectivity index (χ3v) is 4.27. The Bertz CT molecular complexity index is 652. The summed E-state index contributed by atoms with van der Waals surface area (Å²) in [5.74, 6) is 0. The average molecular weight is 319 g/mol. The Labute approximate surface area is 134 Å². The number of amides is 2. The van der Waals surface area contributed by atoms with Gasteiger partial charge >= 0.3 is 6.03 Å². The predicted molar refractivity (Wildman–Crippen MR) is 90.2 cm³/mol. The van der Waals surface area contributed by atoms with E-state index in [0.29, 0.717) is 11.6 Å². The third-order valence-electron chi connectivity index (χ3n) is 3.33. The Morgan fingerprint density at radius 3 is 2.77 bits per heavy atom. The van der Waals surface area contributed by atoms with Gasteiger partial charge in [-0.1, -0.05) is 35.6 Å². The monoisotopic (exact) mass is 319 g/mol. The molecule has 5 nitrogen and oxygen atoms in total. The third kappa shape index (κ3) is 4.29. The van der Waals surface area contributed by atoms with Crippen LogP contribution in [-0.4, -0.2) is 28.3 Å². The predicted octanol–water partition coefficient (Wildman–Crippen LogP) is 3.40. The van der Waals surface area contributed by atoms with Crippen molar-refractivity contribution >= 4 is 22.5 Å². The molecule has 0 aliphatic carbocycles. The molecule has 1 aromatic heterocycles. The molecular weight excluding hydrogens is 298 g/mol. The lowest BCUT2D eigenvalue weighted by Crippen LogP contribution is -2.46. The molecule has 2 aromatic rings. The maximum Gasteiger partial charge on any atom is 0.321 e. The van der Waals surface area contributed by atoms with Crippen molar-refractivity contribution in [3.05, 3.63) is 36.0 Å². The Kier molecular flexibility index (Phi) is 5.15. The summed E-state index contributed by atoms with van der Waals surface area (Å²) in [6.45, 7) is 5.81. The average Bonchev–Trinajstić information content (AvgIpc) is 2.86. The number of carbonyl (C=O) groups is 1. The summed E-state index contributed by atoms with van der Waals surface area (Å²) in [6, 6.07) is 7.75. The smallest absolute Gasteiger partial charge is 0.321 e. The van der Waals surface area contributed by atoms with Gasteiger partial charge in [0.2, 0.25) is 0 Å². The summed E-state index contributed by atoms with van der Waals surface area (Å²) in [5, 5.41) is 15.1. The number of hydrogen-bond acceptors (Lipinski definition) is 4. The molecular formula is C16H21N3O2S. The highest BCUT2D eigenvalue weighted by Crippen LogP contribution is 2.30. The van der Waals surface area contributed by atoms with Gasteiger partial charge in [0.05, 0.1) is 4.88 Å². The minimum Gasteiger partial charge on any atom is -0.396 e. The fourth-order valence-electron chi connectivity index (χ4n) is 2.08. The van der Waals surface area contributed by atoms with E-state index in [0.717, 1.165) is 10.4 Å². The van der Waals surface area contributed by atoms with Crippen molar-refractivity contribution < 1.29 is 9.90 Å². The molecule has 0 bridgehead atoms. The minimum atomic E-state index is -0.463. The van der Waals surface area contributed by atoms with Crippen LogP contribution in [0.4, 0.5) is 9.93 Å². The second-order valence-corrected chi connectivity index (χ2v) is 6.81. The highest BCUT2D eigenvalue weighted by molar-refractivity contribution is 7.19. The normalized spacial score (nSPS) is 11.3. The minimum absolute atomic E-state index is 0.0297. The fraction of sp³-hybridized carbons (Fsp3) is 0.375. The molecule has 1 heterocycles. The number of nitrogens with one attached hydrogen (secondary N) is 2. The summed E-state index contributed by atoms with van der Waals surface area (Å²) in [7, 11) is 0. The largest absolute Gasteiger partial charge is 0.396 e. The van der Waals surface area contributed by atoms with Gasteiger partial charge in [-0.2, -0.15) is 0 Å². The number of rotatable bonds is 5. The summed E-state index contributed by atoms with van der Waals surface area (Å²) in [4.78, 5) is 17.2. The number of nitrogens with zero attached hydrogens (tertiary/aromatic N) is 1. The molecule has 1 aromatic carbocycles. The van der Waals surface area contributed by atoms with Crippen molar-refractivity contribution in [3.63, 3.8) is 0 Å². The SMILES string of the molecule is Cc1ccccc1-c1cnc(NC(=O)NC(C)(C)CCO)s1. The van der Waals surface area contributed by atoms with Gasteiger partial charge in [0.15, 0.2) is 5.13 Å². The molecule has 3 N–H and O–H groups in total. The second kappa shape index (κ2) is 6.89. The van der Waals surface area contributed by atoms with Gasteiger partial charge in [-0.25, -0.2) is 9.78 Å². The van der Waals surface area contributed by atoms with Crippen LogP contribution in [0.1, 0.15) is 25.8 Å². The highest BCUT2D eigenvalue weighted by Gasteiger charge is 2.20.